The van der Waals surface area contributed by atoms with Gasteiger partial charge in [-0.05, 0) is 24.7 Å². The van der Waals surface area contributed by atoms with Crippen LogP contribution in [0.1, 0.15) is 40.0 Å². The number of ether oxygens (including phenoxy) is 1. The molecule has 4 heteroatoms. The summed E-state index contributed by atoms with van der Waals surface area (Å²) in [5.74, 6) is -0.0818. The number of nitrogens with one attached hydrogen (secondary N) is 1. The van der Waals surface area contributed by atoms with E-state index in [2.05, 4.69) is 5.32 Å². The first-order chi connectivity index (χ1) is 7.41. The van der Waals surface area contributed by atoms with E-state index in [1.807, 2.05) is 20.8 Å². The molecule has 1 rings (SSSR count). The third-order valence-electron chi connectivity index (χ3n) is 2.99. The van der Waals surface area contributed by atoms with E-state index in [9.17, 15) is 4.79 Å². The molecule has 2 atom stereocenters. The van der Waals surface area contributed by atoms with Gasteiger partial charge in [0.15, 0.2) is 0 Å². The van der Waals surface area contributed by atoms with Crippen molar-refractivity contribution in [3.63, 3.8) is 0 Å². The van der Waals surface area contributed by atoms with Crippen molar-refractivity contribution in [3.05, 3.63) is 0 Å². The van der Waals surface area contributed by atoms with Crippen LogP contribution in [0.4, 0.5) is 0 Å². The first-order valence-electron chi connectivity index (χ1n) is 6.06. The van der Waals surface area contributed by atoms with Gasteiger partial charge in [-0.3, -0.25) is 4.79 Å². The minimum Gasteiger partial charge on any atom is -0.376 e. The van der Waals surface area contributed by atoms with Gasteiger partial charge in [0.2, 0.25) is 5.91 Å². The minimum absolute atomic E-state index is 0.0818. The second-order valence-electron chi connectivity index (χ2n) is 5.58. The molecule has 0 aliphatic carbocycles. The van der Waals surface area contributed by atoms with E-state index in [4.69, 9.17) is 10.5 Å². The molecule has 0 saturated carbocycles. The van der Waals surface area contributed by atoms with Crippen molar-refractivity contribution in [2.24, 2.45) is 11.1 Å². The van der Waals surface area contributed by atoms with Crippen LogP contribution in [-0.2, 0) is 9.53 Å². The SMILES string of the molecule is CC(C)(C)[C@H](N)C(=O)NCC1CCCCO1. The van der Waals surface area contributed by atoms with E-state index in [-0.39, 0.29) is 17.4 Å². The molecule has 4 nitrogen and oxygen atoms in total. The first-order valence-corrected chi connectivity index (χ1v) is 6.06. The van der Waals surface area contributed by atoms with Gasteiger partial charge >= 0.3 is 0 Å². The minimum atomic E-state index is -0.462. The zero-order chi connectivity index (χ0) is 12.2. The number of amides is 1. The summed E-state index contributed by atoms with van der Waals surface area (Å²) in [4.78, 5) is 11.7. The normalized spacial score (nSPS) is 23.9. The number of hydrogen-bond acceptors (Lipinski definition) is 3. The van der Waals surface area contributed by atoms with E-state index in [1.165, 1.54) is 6.42 Å². The van der Waals surface area contributed by atoms with E-state index >= 15 is 0 Å². The lowest BCUT2D eigenvalue weighted by molar-refractivity contribution is -0.125. The number of hydrogen-bond donors (Lipinski definition) is 2. The van der Waals surface area contributed by atoms with Crippen LogP contribution in [-0.4, -0.2) is 31.2 Å². The molecular formula is C12H24N2O2. The van der Waals surface area contributed by atoms with Gasteiger partial charge in [0.25, 0.3) is 0 Å². The Hall–Kier alpha value is -0.610. The lowest BCUT2D eigenvalue weighted by atomic mass is 9.87. The maximum atomic E-state index is 11.7. The van der Waals surface area contributed by atoms with Crippen LogP contribution >= 0.6 is 0 Å². The highest BCUT2D eigenvalue weighted by Crippen LogP contribution is 2.17. The van der Waals surface area contributed by atoms with Crippen molar-refractivity contribution in [2.45, 2.75) is 52.2 Å². The molecule has 0 spiro atoms. The maximum absolute atomic E-state index is 11.7. The first kappa shape index (κ1) is 13.5. The summed E-state index contributed by atoms with van der Waals surface area (Å²) in [5, 5.41) is 2.87. The maximum Gasteiger partial charge on any atom is 0.237 e. The van der Waals surface area contributed by atoms with E-state index < -0.39 is 6.04 Å². The van der Waals surface area contributed by atoms with Gasteiger partial charge in [-0.2, -0.15) is 0 Å². The predicted octanol–water partition coefficient (Wildman–Crippen LogP) is 1.05. The fraction of sp³-hybridized carbons (Fsp3) is 0.917. The van der Waals surface area contributed by atoms with Gasteiger partial charge in [-0.25, -0.2) is 0 Å². The third-order valence-corrected chi connectivity index (χ3v) is 2.99. The van der Waals surface area contributed by atoms with Crippen LogP contribution < -0.4 is 11.1 Å². The van der Waals surface area contributed by atoms with Crippen LogP contribution in [0.5, 0.6) is 0 Å². The predicted molar refractivity (Wildman–Crippen MR) is 64.0 cm³/mol. The number of carbonyl (C=O) groups excluding carboxylic acids is 1. The van der Waals surface area contributed by atoms with E-state index in [0.29, 0.717) is 6.54 Å². The molecule has 1 saturated heterocycles. The molecule has 1 fully saturated rings. The van der Waals surface area contributed by atoms with Gasteiger partial charge in [0, 0.05) is 13.2 Å². The molecular weight excluding hydrogens is 204 g/mol. The molecule has 0 aromatic heterocycles. The Morgan fingerprint density at radius 1 is 1.50 bits per heavy atom. The Bertz CT molecular complexity index is 230. The Labute approximate surface area is 97.9 Å². The van der Waals surface area contributed by atoms with Crippen LogP contribution in [0.25, 0.3) is 0 Å². The summed E-state index contributed by atoms with van der Waals surface area (Å²) in [7, 11) is 0. The van der Waals surface area contributed by atoms with Gasteiger partial charge in [0.1, 0.15) is 0 Å². The lowest BCUT2D eigenvalue weighted by Crippen LogP contribution is -2.50. The summed E-state index contributed by atoms with van der Waals surface area (Å²) in [5.41, 5.74) is 5.66. The third kappa shape index (κ3) is 4.10. The van der Waals surface area contributed by atoms with E-state index in [0.717, 1.165) is 19.4 Å². The molecule has 1 aliphatic heterocycles. The van der Waals surface area contributed by atoms with Crippen molar-refractivity contribution in [2.75, 3.05) is 13.2 Å². The van der Waals surface area contributed by atoms with Gasteiger partial charge < -0.3 is 15.8 Å². The van der Waals surface area contributed by atoms with E-state index in [1.54, 1.807) is 0 Å². The smallest absolute Gasteiger partial charge is 0.237 e. The molecule has 0 aromatic carbocycles. The summed E-state index contributed by atoms with van der Waals surface area (Å²) < 4.78 is 5.54. The Morgan fingerprint density at radius 2 is 2.19 bits per heavy atom. The molecule has 0 aromatic rings. The number of nitrogens with two attached hydrogens (primary N) is 1. The van der Waals surface area contributed by atoms with Crippen molar-refractivity contribution in [3.8, 4) is 0 Å². The summed E-state index contributed by atoms with van der Waals surface area (Å²) in [6, 6.07) is -0.462. The molecule has 1 aliphatic rings. The Morgan fingerprint density at radius 3 is 2.69 bits per heavy atom. The van der Waals surface area contributed by atoms with Crippen LogP contribution in [0.2, 0.25) is 0 Å². The second-order valence-corrected chi connectivity index (χ2v) is 5.58. The van der Waals surface area contributed by atoms with Gasteiger partial charge in [-0.15, -0.1) is 0 Å². The van der Waals surface area contributed by atoms with Crippen LogP contribution in [0.3, 0.4) is 0 Å². The summed E-state index contributed by atoms with van der Waals surface area (Å²) in [6.07, 6.45) is 3.52. The molecule has 0 bridgehead atoms. The number of carbonyl (C=O) groups is 1. The zero-order valence-electron chi connectivity index (χ0n) is 10.6. The summed E-state index contributed by atoms with van der Waals surface area (Å²) in [6.45, 7) is 7.30. The lowest BCUT2D eigenvalue weighted by Gasteiger charge is -2.28. The van der Waals surface area contributed by atoms with Crippen molar-refractivity contribution in [1.82, 2.24) is 5.32 Å². The average Bonchev–Trinajstić information content (AvgIpc) is 2.25. The Kier molecular flexibility index (Phi) is 4.74. The van der Waals surface area contributed by atoms with Crippen LogP contribution in [0, 0.1) is 5.41 Å². The largest absolute Gasteiger partial charge is 0.376 e. The highest BCUT2D eigenvalue weighted by molar-refractivity contribution is 5.82. The second kappa shape index (κ2) is 5.64. The monoisotopic (exact) mass is 228 g/mol. The quantitative estimate of drug-likeness (QED) is 0.758. The molecule has 16 heavy (non-hydrogen) atoms. The standard InChI is InChI=1S/C12H24N2O2/c1-12(2,3)10(13)11(15)14-8-9-6-4-5-7-16-9/h9-10H,4-8,13H2,1-3H3,(H,14,15)/t9?,10-/m1/s1. The molecule has 0 radical (unpaired) electrons. The topological polar surface area (TPSA) is 64.4 Å². The fourth-order valence-corrected chi connectivity index (χ4v) is 1.69. The van der Waals surface area contributed by atoms with Crippen LogP contribution in [0.15, 0.2) is 0 Å². The zero-order valence-corrected chi connectivity index (χ0v) is 10.6. The molecule has 3 N–H and O–H groups in total. The Balaban J connectivity index is 2.29. The van der Waals surface area contributed by atoms with Crippen molar-refractivity contribution in [1.29, 1.82) is 0 Å². The fourth-order valence-electron chi connectivity index (χ4n) is 1.69. The van der Waals surface area contributed by atoms with Crippen molar-refractivity contribution >= 4 is 5.91 Å². The van der Waals surface area contributed by atoms with Crippen molar-refractivity contribution < 1.29 is 9.53 Å². The molecule has 1 heterocycles. The number of rotatable bonds is 3. The van der Waals surface area contributed by atoms with Gasteiger partial charge in [0.05, 0.1) is 12.1 Å². The molecule has 1 amide bonds. The average molecular weight is 228 g/mol. The van der Waals surface area contributed by atoms with Gasteiger partial charge in [-0.1, -0.05) is 20.8 Å². The molecule has 94 valence electrons. The highest BCUT2D eigenvalue weighted by Gasteiger charge is 2.27. The highest BCUT2D eigenvalue weighted by atomic mass is 16.5. The molecule has 1 unspecified atom stereocenters. The summed E-state index contributed by atoms with van der Waals surface area (Å²) >= 11 is 0.